The van der Waals surface area contributed by atoms with Gasteiger partial charge >= 0.3 is 0 Å². The van der Waals surface area contributed by atoms with E-state index in [-0.39, 0.29) is 0 Å². The van der Waals surface area contributed by atoms with E-state index in [4.69, 9.17) is 15.0 Å². The van der Waals surface area contributed by atoms with Crippen molar-refractivity contribution in [1.29, 1.82) is 0 Å². The van der Waals surface area contributed by atoms with Crippen LogP contribution >= 0.6 is 0 Å². The second-order valence-corrected chi connectivity index (χ2v) is 14.7. The van der Waals surface area contributed by atoms with E-state index in [0.717, 1.165) is 16.7 Å². The van der Waals surface area contributed by atoms with Gasteiger partial charge in [-0.2, -0.15) is 0 Å². The summed E-state index contributed by atoms with van der Waals surface area (Å²) in [6.45, 7) is 0. The van der Waals surface area contributed by atoms with Crippen LogP contribution in [-0.4, -0.2) is 54.2 Å². The van der Waals surface area contributed by atoms with Gasteiger partial charge in [-0.25, -0.2) is 15.0 Å². The molecule has 1 aromatic heterocycles. The van der Waals surface area contributed by atoms with Crippen molar-refractivity contribution in [3.05, 3.63) is 72.8 Å². The molecular weight excluding hydrogens is 589 g/mol. The summed E-state index contributed by atoms with van der Waals surface area (Å²) in [4.78, 5) is 22.6. The van der Waals surface area contributed by atoms with Gasteiger partial charge < -0.3 is 14.7 Å². The smallest absolute Gasteiger partial charge is 0.164 e. The Morgan fingerprint density at radius 2 is 0.583 bits per heavy atom. The third-order valence-electron chi connectivity index (χ3n) is 11.6. The van der Waals surface area contributed by atoms with Gasteiger partial charge in [-0.15, -0.1) is 0 Å². The Morgan fingerprint density at radius 3 is 0.812 bits per heavy atom. The molecule has 1 heterocycles. The number of hydrogen-bond donors (Lipinski definition) is 0. The van der Waals surface area contributed by atoms with E-state index in [1.807, 2.05) is 0 Å². The SMILES string of the molecule is CN(c1ccc(-c2nc(-c3ccc(N(C)C4CCCCC4)cc3)nc(-c3ccc(N(C)C4CCCCC4)cc3)n2)cc1)C1CCCCC1. The quantitative estimate of drug-likeness (QED) is 0.181. The van der Waals surface area contributed by atoms with Gasteiger partial charge in [0.15, 0.2) is 17.5 Å². The van der Waals surface area contributed by atoms with E-state index in [1.165, 1.54) is 113 Å². The normalized spacial score (nSPS) is 18.1. The molecule has 6 heteroatoms. The molecule has 0 radical (unpaired) electrons. The molecule has 0 saturated heterocycles. The molecule has 0 N–H and O–H groups in total. The molecule has 7 rings (SSSR count). The topological polar surface area (TPSA) is 48.4 Å². The van der Waals surface area contributed by atoms with Crippen molar-refractivity contribution >= 4 is 17.1 Å². The van der Waals surface area contributed by atoms with Gasteiger partial charge in [0.25, 0.3) is 0 Å². The molecular formula is C42H54N6. The Kier molecular flexibility index (Phi) is 10.3. The lowest BCUT2D eigenvalue weighted by Gasteiger charge is -2.33. The highest BCUT2D eigenvalue weighted by atomic mass is 15.1. The minimum Gasteiger partial charge on any atom is -0.372 e. The summed E-state index contributed by atoms with van der Waals surface area (Å²) in [5.41, 5.74) is 6.83. The fraction of sp³-hybridized carbons (Fsp3) is 0.500. The van der Waals surface area contributed by atoms with E-state index in [1.54, 1.807) is 0 Å². The fourth-order valence-electron chi connectivity index (χ4n) is 8.34. The highest BCUT2D eigenvalue weighted by Gasteiger charge is 2.22. The van der Waals surface area contributed by atoms with Gasteiger partial charge in [0.1, 0.15) is 0 Å². The van der Waals surface area contributed by atoms with Crippen molar-refractivity contribution < 1.29 is 0 Å². The molecule has 48 heavy (non-hydrogen) atoms. The number of anilines is 3. The van der Waals surface area contributed by atoms with Crippen molar-refractivity contribution in [3.63, 3.8) is 0 Å². The minimum atomic E-state index is 0.625. The first kappa shape index (κ1) is 32.6. The molecule has 0 atom stereocenters. The molecule has 3 saturated carbocycles. The average molecular weight is 643 g/mol. The zero-order chi connectivity index (χ0) is 32.9. The molecule has 0 bridgehead atoms. The zero-order valence-electron chi connectivity index (χ0n) is 29.5. The lowest BCUT2D eigenvalue weighted by Crippen LogP contribution is -2.33. The molecule has 3 aliphatic carbocycles. The van der Waals surface area contributed by atoms with E-state index >= 15 is 0 Å². The van der Waals surface area contributed by atoms with Gasteiger partial charge in [0.2, 0.25) is 0 Å². The highest BCUT2D eigenvalue weighted by Crippen LogP contribution is 2.32. The van der Waals surface area contributed by atoms with Crippen LogP contribution in [0, 0.1) is 0 Å². The van der Waals surface area contributed by atoms with Gasteiger partial charge in [0.05, 0.1) is 0 Å². The van der Waals surface area contributed by atoms with Gasteiger partial charge in [-0.1, -0.05) is 57.8 Å². The number of benzene rings is 3. The predicted octanol–water partition coefficient (Wildman–Crippen LogP) is 10.2. The predicted molar refractivity (Wildman–Crippen MR) is 202 cm³/mol. The summed E-state index contributed by atoms with van der Waals surface area (Å²) in [7, 11) is 6.73. The molecule has 0 amide bonds. The van der Waals surface area contributed by atoms with Crippen molar-refractivity contribution in [2.75, 3.05) is 35.8 Å². The van der Waals surface area contributed by atoms with Crippen LogP contribution in [-0.2, 0) is 0 Å². The van der Waals surface area contributed by atoms with Crippen LogP contribution < -0.4 is 14.7 Å². The van der Waals surface area contributed by atoms with Gasteiger partial charge in [0, 0.05) is 73.0 Å². The van der Waals surface area contributed by atoms with Gasteiger partial charge in [-0.3, -0.25) is 0 Å². The Labute approximate surface area is 288 Å². The van der Waals surface area contributed by atoms with Crippen LogP contribution in [0.3, 0.4) is 0 Å². The van der Waals surface area contributed by atoms with Crippen molar-refractivity contribution in [2.45, 2.75) is 114 Å². The summed E-state index contributed by atoms with van der Waals surface area (Å²) in [5.74, 6) is 2.15. The van der Waals surface area contributed by atoms with Crippen LogP contribution in [0.4, 0.5) is 17.1 Å². The van der Waals surface area contributed by atoms with Crippen molar-refractivity contribution in [2.24, 2.45) is 0 Å². The highest BCUT2D eigenvalue weighted by molar-refractivity contribution is 5.69. The van der Waals surface area contributed by atoms with Crippen LogP contribution in [0.1, 0.15) is 96.3 Å². The Hall–Kier alpha value is -3.93. The maximum absolute atomic E-state index is 5.08. The molecule has 252 valence electrons. The molecule has 0 unspecified atom stereocenters. The maximum Gasteiger partial charge on any atom is 0.164 e. The third kappa shape index (κ3) is 7.38. The van der Waals surface area contributed by atoms with Crippen molar-refractivity contribution in [3.8, 4) is 34.2 Å². The Morgan fingerprint density at radius 1 is 0.354 bits per heavy atom. The zero-order valence-corrected chi connectivity index (χ0v) is 29.5. The lowest BCUT2D eigenvalue weighted by molar-refractivity contribution is 0.427. The first-order valence-corrected chi connectivity index (χ1v) is 18.8. The van der Waals surface area contributed by atoms with E-state index in [2.05, 4.69) is 109 Å². The molecule has 4 aromatic rings. The summed E-state index contributed by atoms with van der Waals surface area (Å²) < 4.78 is 0. The Balaban J connectivity index is 1.19. The first-order chi connectivity index (χ1) is 23.5. The van der Waals surface area contributed by atoms with E-state index in [0.29, 0.717) is 35.6 Å². The van der Waals surface area contributed by atoms with Crippen LogP contribution in [0.5, 0.6) is 0 Å². The monoisotopic (exact) mass is 642 g/mol. The van der Waals surface area contributed by atoms with Crippen LogP contribution in [0.25, 0.3) is 34.2 Å². The summed E-state index contributed by atoms with van der Waals surface area (Å²) in [6.07, 6.45) is 19.8. The molecule has 6 nitrogen and oxygen atoms in total. The fourth-order valence-corrected chi connectivity index (χ4v) is 8.34. The minimum absolute atomic E-state index is 0.625. The summed E-state index contributed by atoms with van der Waals surface area (Å²) in [6, 6.07) is 28.4. The molecule has 3 fully saturated rings. The number of hydrogen-bond acceptors (Lipinski definition) is 6. The largest absolute Gasteiger partial charge is 0.372 e. The standard InChI is InChI=1S/C42H54N6/c1-46(34-13-7-4-8-14-34)37-25-19-31(20-26-37)40-43-41(32-21-27-38(28-22-32)47(2)35-15-9-5-10-16-35)45-42(44-40)33-23-29-39(30-24-33)48(3)36-17-11-6-12-18-36/h19-30,34-36H,4-18H2,1-3H3. The molecule has 0 spiro atoms. The number of aromatic nitrogens is 3. The van der Waals surface area contributed by atoms with E-state index < -0.39 is 0 Å². The maximum atomic E-state index is 5.08. The molecule has 3 aromatic carbocycles. The lowest BCUT2D eigenvalue weighted by atomic mass is 9.94. The molecule has 3 aliphatic rings. The third-order valence-corrected chi connectivity index (χ3v) is 11.6. The van der Waals surface area contributed by atoms with Crippen LogP contribution in [0.15, 0.2) is 72.8 Å². The number of rotatable bonds is 9. The summed E-state index contributed by atoms with van der Waals surface area (Å²) >= 11 is 0. The summed E-state index contributed by atoms with van der Waals surface area (Å²) in [5, 5.41) is 0. The molecule has 0 aliphatic heterocycles. The van der Waals surface area contributed by atoms with E-state index in [9.17, 15) is 0 Å². The van der Waals surface area contributed by atoms with Crippen molar-refractivity contribution in [1.82, 2.24) is 15.0 Å². The van der Waals surface area contributed by atoms with Gasteiger partial charge in [-0.05, 0) is 111 Å². The Bertz CT molecular complexity index is 1390. The second-order valence-electron chi connectivity index (χ2n) is 14.7. The van der Waals surface area contributed by atoms with Crippen LogP contribution in [0.2, 0.25) is 0 Å². The number of nitrogens with zero attached hydrogens (tertiary/aromatic N) is 6. The first-order valence-electron chi connectivity index (χ1n) is 18.8. The second kappa shape index (κ2) is 15.1. The average Bonchev–Trinajstić information content (AvgIpc) is 3.18.